The lowest BCUT2D eigenvalue weighted by molar-refractivity contribution is 0.632. The quantitative estimate of drug-likeness (QED) is 0.570. The predicted octanol–water partition coefficient (Wildman–Crippen LogP) is 3.54. The summed E-state index contributed by atoms with van der Waals surface area (Å²) >= 11 is 0. The Bertz CT molecular complexity index is 593. The van der Waals surface area contributed by atoms with Crippen molar-refractivity contribution in [2.45, 2.75) is 6.92 Å². The van der Waals surface area contributed by atoms with Crippen LogP contribution in [-0.2, 0) is 0 Å². The number of halogens is 1. The first-order valence-corrected chi connectivity index (χ1v) is 5.54. The van der Waals surface area contributed by atoms with Crippen LogP contribution in [0.25, 0.3) is 0 Å². The Hall–Kier alpha value is -2.36. The Kier molecular flexibility index (Phi) is 3.28. The molecule has 0 aromatic heterocycles. The summed E-state index contributed by atoms with van der Waals surface area (Å²) in [6, 6.07) is 11.7. The first kappa shape index (κ1) is 12.1. The molecule has 2 rings (SSSR count). The van der Waals surface area contributed by atoms with Crippen molar-refractivity contribution < 1.29 is 4.39 Å². The molecule has 0 heterocycles. The van der Waals surface area contributed by atoms with E-state index in [9.17, 15) is 4.39 Å². The molecule has 3 nitrogen and oxygen atoms in total. The molecule has 0 saturated heterocycles. The third-order valence-corrected chi connectivity index (χ3v) is 2.61. The largest absolute Gasteiger partial charge is 0.398 e. The van der Waals surface area contributed by atoms with Crippen LogP contribution in [0, 0.1) is 11.2 Å². The van der Waals surface area contributed by atoms with Gasteiger partial charge in [0.25, 0.3) is 0 Å². The number of para-hydroxylation sites is 1. The molecule has 0 aliphatic heterocycles. The van der Waals surface area contributed by atoms with Gasteiger partial charge in [0.15, 0.2) is 0 Å². The van der Waals surface area contributed by atoms with E-state index in [4.69, 9.17) is 11.1 Å². The zero-order valence-corrected chi connectivity index (χ0v) is 10.00. The lowest BCUT2D eigenvalue weighted by atomic mass is 10.1. The summed E-state index contributed by atoms with van der Waals surface area (Å²) in [7, 11) is 0. The minimum Gasteiger partial charge on any atom is -0.398 e. The van der Waals surface area contributed by atoms with E-state index in [1.54, 1.807) is 43.3 Å². The van der Waals surface area contributed by atoms with Gasteiger partial charge in [-0.15, -0.1) is 0 Å². The van der Waals surface area contributed by atoms with Gasteiger partial charge in [-0.1, -0.05) is 12.1 Å². The van der Waals surface area contributed by atoms with Gasteiger partial charge in [0, 0.05) is 22.6 Å². The van der Waals surface area contributed by atoms with Crippen LogP contribution >= 0.6 is 0 Å². The third kappa shape index (κ3) is 2.48. The smallest absolute Gasteiger partial charge is 0.146 e. The second-order valence-electron chi connectivity index (χ2n) is 4.03. The zero-order chi connectivity index (χ0) is 13.1. The Morgan fingerprint density at radius 3 is 2.56 bits per heavy atom. The molecule has 0 fully saturated rings. The average Bonchev–Trinajstić information content (AvgIpc) is 2.32. The van der Waals surface area contributed by atoms with Crippen LogP contribution in [0.2, 0.25) is 0 Å². The number of nitrogen functional groups attached to an aromatic ring is 1. The van der Waals surface area contributed by atoms with Crippen molar-refractivity contribution in [3.05, 3.63) is 53.8 Å². The highest BCUT2D eigenvalue weighted by Gasteiger charge is 2.05. The molecule has 0 aliphatic carbocycles. The maximum atomic E-state index is 13.5. The fourth-order valence-electron chi connectivity index (χ4n) is 1.70. The first-order chi connectivity index (χ1) is 8.58. The molecule has 0 radical (unpaired) electrons. The molecular weight excluding hydrogens is 229 g/mol. The van der Waals surface area contributed by atoms with Crippen LogP contribution in [0.15, 0.2) is 42.5 Å². The number of nitrogens with one attached hydrogen (secondary N) is 2. The van der Waals surface area contributed by atoms with Gasteiger partial charge in [0.05, 0.1) is 5.69 Å². The molecule has 4 heteroatoms. The van der Waals surface area contributed by atoms with Crippen molar-refractivity contribution in [1.29, 1.82) is 5.41 Å². The van der Waals surface area contributed by atoms with E-state index in [1.807, 2.05) is 0 Å². The van der Waals surface area contributed by atoms with Crippen LogP contribution in [0.5, 0.6) is 0 Å². The monoisotopic (exact) mass is 243 g/mol. The molecule has 0 amide bonds. The van der Waals surface area contributed by atoms with Crippen LogP contribution in [0.4, 0.5) is 21.5 Å². The highest BCUT2D eigenvalue weighted by atomic mass is 19.1. The maximum Gasteiger partial charge on any atom is 0.146 e. The van der Waals surface area contributed by atoms with E-state index in [1.165, 1.54) is 6.07 Å². The van der Waals surface area contributed by atoms with Gasteiger partial charge in [-0.25, -0.2) is 4.39 Å². The molecule has 18 heavy (non-hydrogen) atoms. The van der Waals surface area contributed by atoms with Crippen molar-refractivity contribution in [2.75, 3.05) is 11.1 Å². The summed E-state index contributed by atoms with van der Waals surface area (Å²) in [5, 5.41) is 10.5. The predicted molar refractivity (Wildman–Crippen MR) is 73.0 cm³/mol. The molecule has 0 spiro atoms. The number of benzene rings is 2. The SMILES string of the molecule is CC(=N)c1ccc(Nc2ccccc2F)cc1N. The minimum absolute atomic E-state index is 0.316. The second-order valence-corrected chi connectivity index (χ2v) is 4.03. The zero-order valence-electron chi connectivity index (χ0n) is 10.00. The summed E-state index contributed by atoms with van der Waals surface area (Å²) in [6.45, 7) is 1.68. The Morgan fingerprint density at radius 2 is 1.94 bits per heavy atom. The number of nitrogens with two attached hydrogens (primary N) is 1. The highest BCUT2D eigenvalue weighted by Crippen LogP contribution is 2.23. The molecule has 2 aromatic rings. The van der Waals surface area contributed by atoms with E-state index in [0.29, 0.717) is 28.3 Å². The van der Waals surface area contributed by atoms with Crippen molar-refractivity contribution >= 4 is 22.8 Å². The van der Waals surface area contributed by atoms with E-state index >= 15 is 0 Å². The Morgan fingerprint density at radius 1 is 1.22 bits per heavy atom. The van der Waals surface area contributed by atoms with E-state index in [0.717, 1.165) is 0 Å². The van der Waals surface area contributed by atoms with E-state index in [-0.39, 0.29) is 5.82 Å². The van der Waals surface area contributed by atoms with Gasteiger partial charge < -0.3 is 16.5 Å². The third-order valence-electron chi connectivity index (χ3n) is 2.61. The van der Waals surface area contributed by atoms with Crippen LogP contribution in [0.1, 0.15) is 12.5 Å². The van der Waals surface area contributed by atoms with Crippen molar-refractivity contribution in [2.24, 2.45) is 0 Å². The van der Waals surface area contributed by atoms with Gasteiger partial charge >= 0.3 is 0 Å². The summed E-state index contributed by atoms with van der Waals surface area (Å²) in [6.07, 6.45) is 0. The minimum atomic E-state index is -0.316. The molecule has 0 saturated carbocycles. The molecule has 0 atom stereocenters. The Balaban J connectivity index is 2.29. The molecule has 92 valence electrons. The highest BCUT2D eigenvalue weighted by molar-refractivity contribution is 6.01. The van der Waals surface area contributed by atoms with Gasteiger partial charge in [-0.2, -0.15) is 0 Å². The molecule has 0 unspecified atom stereocenters. The summed E-state index contributed by atoms with van der Waals surface area (Å²) in [5.74, 6) is -0.316. The van der Waals surface area contributed by atoms with Crippen molar-refractivity contribution in [3.8, 4) is 0 Å². The fourth-order valence-corrected chi connectivity index (χ4v) is 1.70. The number of hydrogen-bond acceptors (Lipinski definition) is 3. The summed E-state index contributed by atoms with van der Waals surface area (Å²) in [4.78, 5) is 0. The van der Waals surface area contributed by atoms with Crippen molar-refractivity contribution in [3.63, 3.8) is 0 Å². The van der Waals surface area contributed by atoms with Crippen LogP contribution in [-0.4, -0.2) is 5.71 Å². The maximum absolute atomic E-state index is 13.5. The molecule has 0 aliphatic rings. The van der Waals surface area contributed by atoms with E-state index < -0.39 is 0 Å². The number of rotatable bonds is 3. The second kappa shape index (κ2) is 4.87. The summed E-state index contributed by atoms with van der Waals surface area (Å²) < 4.78 is 13.5. The standard InChI is InChI=1S/C14H14FN3/c1-9(16)11-7-6-10(8-13(11)17)18-14-5-3-2-4-12(14)15/h2-8,16,18H,17H2,1H3. The summed E-state index contributed by atoms with van der Waals surface area (Å²) in [5.41, 5.74) is 8.54. The van der Waals surface area contributed by atoms with Crippen LogP contribution < -0.4 is 11.1 Å². The number of anilines is 3. The molecule has 0 bridgehead atoms. The first-order valence-electron chi connectivity index (χ1n) is 5.54. The molecular formula is C14H14FN3. The van der Waals surface area contributed by atoms with Gasteiger partial charge in [-0.05, 0) is 37.3 Å². The average molecular weight is 243 g/mol. The van der Waals surface area contributed by atoms with Crippen LogP contribution in [0.3, 0.4) is 0 Å². The normalized spacial score (nSPS) is 10.1. The molecule has 4 N–H and O–H groups in total. The Labute approximate surface area is 105 Å². The van der Waals surface area contributed by atoms with E-state index in [2.05, 4.69) is 5.32 Å². The lowest BCUT2D eigenvalue weighted by Gasteiger charge is -2.10. The van der Waals surface area contributed by atoms with Gasteiger partial charge in [0.2, 0.25) is 0 Å². The fraction of sp³-hybridized carbons (Fsp3) is 0.0714. The molecule has 2 aromatic carbocycles. The van der Waals surface area contributed by atoms with Crippen molar-refractivity contribution in [1.82, 2.24) is 0 Å². The van der Waals surface area contributed by atoms with Gasteiger partial charge in [0.1, 0.15) is 5.82 Å². The topological polar surface area (TPSA) is 61.9 Å². The van der Waals surface area contributed by atoms with Gasteiger partial charge in [-0.3, -0.25) is 0 Å². The number of hydrogen-bond donors (Lipinski definition) is 3. The lowest BCUT2D eigenvalue weighted by Crippen LogP contribution is -2.01.